The van der Waals surface area contributed by atoms with Gasteiger partial charge in [0.05, 0.1) is 0 Å². The van der Waals surface area contributed by atoms with Crippen LogP contribution >= 0.6 is 0 Å². The van der Waals surface area contributed by atoms with Crippen LogP contribution in [0.15, 0.2) is 54.9 Å². The van der Waals surface area contributed by atoms with Gasteiger partial charge >= 0.3 is 0 Å². The van der Waals surface area contributed by atoms with Crippen molar-refractivity contribution in [1.82, 2.24) is 5.32 Å². The van der Waals surface area contributed by atoms with Gasteiger partial charge in [-0.25, -0.2) is 0 Å². The van der Waals surface area contributed by atoms with Crippen LogP contribution in [0.2, 0.25) is 0 Å². The molecule has 0 bridgehead atoms. The zero-order valence-corrected chi connectivity index (χ0v) is 12.2. The van der Waals surface area contributed by atoms with E-state index in [2.05, 4.69) is 17.4 Å². The van der Waals surface area contributed by atoms with Gasteiger partial charge in [0.25, 0.3) is 5.91 Å². The first-order valence-electron chi connectivity index (χ1n) is 7.15. The summed E-state index contributed by atoms with van der Waals surface area (Å²) in [6.45, 7) is 2.22. The molecule has 2 rings (SSSR count). The molecule has 0 radical (unpaired) electrons. The zero-order valence-electron chi connectivity index (χ0n) is 12.2. The van der Waals surface area contributed by atoms with Crippen molar-refractivity contribution in [3.05, 3.63) is 60.4 Å². The van der Waals surface area contributed by atoms with Crippen molar-refractivity contribution < 1.29 is 14.5 Å². The smallest absolute Gasteiger partial charge is 0.286 e. The topological polar surface area (TPSA) is 53.2 Å². The van der Waals surface area contributed by atoms with Gasteiger partial charge in [-0.1, -0.05) is 30.3 Å². The summed E-state index contributed by atoms with van der Waals surface area (Å²) in [4.78, 5) is 11.9. The molecule has 2 aromatic rings. The van der Waals surface area contributed by atoms with Gasteiger partial charge in [-0.05, 0) is 31.4 Å². The highest BCUT2D eigenvalue weighted by atomic mass is 16.3. The molecule has 1 atom stereocenters. The molecule has 4 nitrogen and oxygen atoms in total. The average molecular weight is 285 g/mol. The normalized spacial score (nSPS) is 11.9. The Balaban J connectivity index is 1.77. The average Bonchev–Trinajstić information content (AvgIpc) is 2.46. The molecule has 21 heavy (non-hydrogen) atoms. The SMILES string of the molecule is C[C@H](CCc1ccccc1)NC(=O)C[n+]1cccc(O)c1. The van der Waals surface area contributed by atoms with Crippen molar-refractivity contribution in [2.45, 2.75) is 32.4 Å². The van der Waals surface area contributed by atoms with Crippen molar-refractivity contribution in [3.8, 4) is 5.75 Å². The minimum absolute atomic E-state index is 0.0499. The number of rotatable bonds is 6. The van der Waals surface area contributed by atoms with Crippen LogP contribution in [0.5, 0.6) is 5.75 Å². The third kappa shape index (κ3) is 5.26. The monoisotopic (exact) mass is 285 g/mol. The number of carbonyl (C=O) groups excluding carboxylic acids is 1. The van der Waals surface area contributed by atoms with Gasteiger partial charge in [-0.3, -0.25) is 4.79 Å². The Morgan fingerprint density at radius 3 is 2.71 bits per heavy atom. The van der Waals surface area contributed by atoms with E-state index in [9.17, 15) is 9.90 Å². The molecule has 1 aromatic heterocycles. The van der Waals surface area contributed by atoms with Crippen LogP contribution in [0.4, 0.5) is 0 Å². The Kier molecular flexibility index (Phi) is 5.32. The molecule has 0 aliphatic heterocycles. The number of carbonyl (C=O) groups is 1. The second-order valence-corrected chi connectivity index (χ2v) is 5.23. The molecule has 4 heteroatoms. The van der Waals surface area contributed by atoms with Crippen molar-refractivity contribution >= 4 is 5.91 Å². The van der Waals surface area contributed by atoms with Gasteiger partial charge in [0, 0.05) is 12.1 Å². The van der Waals surface area contributed by atoms with Crippen LogP contribution in [-0.4, -0.2) is 17.1 Å². The summed E-state index contributed by atoms with van der Waals surface area (Å²) in [6, 6.07) is 13.7. The second-order valence-electron chi connectivity index (χ2n) is 5.23. The van der Waals surface area contributed by atoms with Gasteiger partial charge in [-0.15, -0.1) is 0 Å². The zero-order chi connectivity index (χ0) is 15.1. The van der Waals surface area contributed by atoms with Crippen LogP contribution in [0.3, 0.4) is 0 Å². The second kappa shape index (κ2) is 7.43. The van der Waals surface area contributed by atoms with Crippen molar-refractivity contribution in [2.24, 2.45) is 0 Å². The molecule has 110 valence electrons. The van der Waals surface area contributed by atoms with E-state index in [1.807, 2.05) is 25.1 Å². The van der Waals surface area contributed by atoms with Crippen LogP contribution in [0.1, 0.15) is 18.9 Å². The maximum Gasteiger partial charge on any atom is 0.286 e. The van der Waals surface area contributed by atoms with Crippen LogP contribution in [0.25, 0.3) is 0 Å². The van der Waals surface area contributed by atoms with Crippen LogP contribution in [-0.2, 0) is 17.8 Å². The molecule has 1 aromatic carbocycles. The standard InChI is InChI=1S/C17H20N2O2/c1-14(9-10-15-6-3-2-4-7-15)18-17(21)13-19-11-5-8-16(20)12-19/h2-8,11-12,14H,9-10,13H2,1H3,(H-,18,20,21)/p+1/t14-/m1/s1. The van der Waals surface area contributed by atoms with E-state index in [0.29, 0.717) is 0 Å². The highest BCUT2D eigenvalue weighted by molar-refractivity contribution is 5.74. The van der Waals surface area contributed by atoms with Gasteiger partial charge in [0.15, 0.2) is 11.9 Å². The Hall–Kier alpha value is -2.36. The Labute approximate surface area is 125 Å². The molecular weight excluding hydrogens is 264 g/mol. The summed E-state index contributed by atoms with van der Waals surface area (Å²) >= 11 is 0. The van der Waals surface area contributed by atoms with Gasteiger partial charge in [-0.2, -0.15) is 4.57 Å². The molecule has 0 aliphatic carbocycles. The number of nitrogens with zero attached hydrogens (tertiary/aromatic N) is 1. The number of aromatic nitrogens is 1. The third-order valence-electron chi connectivity index (χ3n) is 3.29. The summed E-state index contributed by atoms with van der Waals surface area (Å²) in [5, 5.41) is 12.3. The molecule has 0 unspecified atom stereocenters. The summed E-state index contributed by atoms with van der Waals surface area (Å²) in [6.07, 6.45) is 5.14. The lowest BCUT2D eigenvalue weighted by Crippen LogP contribution is -2.44. The number of benzene rings is 1. The first-order valence-corrected chi connectivity index (χ1v) is 7.15. The van der Waals surface area contributed by atoms with Gasteiger partial charge < -0.3 is 10.4 Å². The number of hydrogen-bond acceptors (Lipinski definition) is 2. The van der Waals surface area contributed by atoms with E-state index in [1.165, 1.54) is 11.8 Å². The highest BCUT2D eigenvalue weighted by Crippen LogP contribution is 2.04. The lowest BCUT2D eigenvalue weighted by molar-refractivity contribution is -0.684. The summed E-state index contributed by atoms with van der Waals surface area (Å²) in [7, 11) is 0. The van der Waals surface area contributed by atoms with E-state index < -0.39 is 0 Å². The number of aryl methyl sites for hydroxylation is 1. The lowest BCUT2D eigenvalue weighted by atomic mass is 10.1. The molecule has 2 N–H and O–H groups in total. The molecule has 0 aliphatic rings. The number of pyridine rings is 1. The van der Waals surface area contributed by atoms with E-state index >= 15 is 0 Å². The largest absolute Gasteiger partial charge is 0.503 e. The quantitative estimate of drug-likeness (QED) is 0.795. The first kappa shape index (κ1) is 15.0. The number of aromatic hydroxyl groups is 1. The van der Waals surface area contributed by atoms with Crippen molar-refractivity contribution in [2.75, 3.05) is 0 Å². The molecule has 0 spiro atoms. The maximum atomic E-state index is 11.9. The highest BCUT2D eigenvalue weighted by Gasteiger charge is 2.12. The predicted octanol–water partition coefficient (Wildman–Crippen LogP) is 1.82. The molecule has 1 heterocycles. The fourth-order valence-corrected chi connectivity index (χ4v) is 2.19. The van der Waals surface area contributed by atoms with Crippen LogP contribution < -0.4 is 9.88 Å². The Bertz CT molecular complexity index is 584. The number of amides is 1. The molecule has 0 fully saturated rings. The van der Waals surface area contributed by atoms with E-state index in [4.69, 9.17) is 0 Å². The van der Waals surface area contributed by atoms with E-state index in [-0.39, 0.29) is 24.2 Å². The summed E-state index contributed by atoms with van der Waals surface area (Å²) in [5.41, 5.74) is 1.28. The van der Waals surface area contributed by atoms with Crippen LogP contribution in [0, 0.1) is 0 Å². The lowest BCUT2D eigenvalue weighted by Gasteiger charge is -2.12. The van der Waals surface area contributed by atoms with Crippen molar-refractivity contribution in [3.63, 3.8) is 0 Å². The molecule has 0 saturated carbocycles. The minimum atomic E-state index is -0.0499. The van der Waals surface area contributed by atoms with Gasteiger partial charge in [0.1, 0.15) is 0 Å². The van der Waals surface area contributed by atoms with E-state index in [1.54, 1.807) is 22.9 Å². The predicted molar refractivity (Wildman–Crippen MR) is 80.7 cm³/mol. The summed E-state index contributed by atoms with van der Waals surface area (Å²) in [5.74, 6) is 0.105. The Morgan fingerprint density at radius 1 is 1.24 bits per heavy atom. The fraction of sp³-hybridized carbons (Fsp3) is 0.294. The molecule has 0 saturated heterocycles. The van der Waals surface area contributed by atoms with Crippen molar-refractivity contribution in [1.29, 1.82) is 0 Å². The molecule has 1 amide bonds. The molecular formula is C17H21N2O2+. The fourth-order valence-electron chi connectivity index (χ4n) is 2.19. The number of hydrogen-bond donors (Lipinski definition) is 2. The maximum absolute atomic E-state index is 11.9. The van der Waals surface area contributed by atoms with Gasteiger partial charge in [0.2, 0.25) is 12.7 Å². The minimum Gasteiger partial charge on any atom is -0.503 e. The first-order chi connectivity index (χ1) is 10.1. The Morgan fingerprint density at radius 2 is 2.00 bits per heavy atom. The third-order valence-corrected chi connectivity index (χ3v) is 3.29. The van der Waals surface area contributed by atoms with E-state index in [0.717, 1.165) is 12.8 Å². The number of nitrogens with one attached hydrogen (secondary N) is 1. The summed E-state index contributed by atoms with van der Waals surface area (Å²) < 4.78 is 1.66.